The smallest absolute Gasteiger partial charge is 0.335 e. The lowest BCUT2D eigenvalue weighted by atomic mass is 10.2. The summed E-state index contributed by atoms with van der Waals surface area (Å²) in [7, 11) is 1.65. The second-order valence-corrected chi connectivity index (χ2v) is 3.10. The van der Waals surface area contributed by atoms with Gasteiger partial charge >= 0.3 is 6.01 Å². The number of rotatable bonds is 4. The van der Waals surface area contributed by atoms with Gasteiger partial charge in [0.15, 0.2) is 0 Å². The number of hydrazine groups is 1. The van der Waals surface area contributed by atoms with Gasteiger partial charge in [-0.1, -0.05) is 5.16 Å². The van der Waals surface area contributed by atoms with Gasteiger partial charge in [0.2, 0.25) is 5.82 Å². The fraction of sp³-hybridized carbons (Fsp3) is 0.714. The highest BCUT2D eigenvalue weighted by Crippen LogP contribution is 2.41. The fourth-order valence-electron chi connectivity index (χ4n) is 1.32. The molecule has 13 heavy (non-hydrogen) atoms. The summed E-state index contributed by atoms with van der Waals surface area (Å²) < 4.78 is 10.1. The van der Waals surface area contributed by atoms with Gasteiger partial charge in [-0.2, -0.15) is 4.98 Å². The van der Waals surface area contributed by atoms with E-state index in [0.29, 0.717) is 11.7 Å². The van der Waals surface area contributed by atoms with Crippen molar-refractivity contribution in [2.45, 2.75) is 18.9 Å². The van der Waals surface area contributed by atoms with Gasteiger partial charge in [-0.25, -0.2) is 5.84 Å². The monoisotopic (exact) mass is 184 g/mol. The summed E-state index contributed by atoms with van der Waals surface area (Å²) >= 11 is 0. The van der Waals surface area contributed by atoms with Gasteiger partial charge in [-0.3, -0.25) is 5.43 Å². The van der Waals surface area contributed by atoms with E-state index in [2.05, 4.69) is 15.6 Å². The molecule has 1 aliphatic carbocycles. The number of hydrogen-bond donors (Lipinski definition) is 2. The molecule has 6 heteroatoms. The molecule has 0 radical (unpaired) electrons. The molecule has 1 aromatic heterocycles. The van der Waals surface area contributed by atoms with Crippen molar-refractivity contribution in [3.05, 3.63) is 5.82 Å². The Kier molecular flexibility index (Phi) is 2.15. The number of nitrogens with zero attached hydrogens (tertiary/aromatic N) is 2. The van der Waals surface area contributed by atoms with E-state index in [9.17, 15) is 0 Å². The third-order valence-corrected chi connectivity index (χ3v) is 2.12. The molecule has 1 heterocycles. The second-order valence-electron chi connectivity index (χ2n) is 3.10. The minimum absolute atomic E-state index is 0.0501. The maximum Gasteiger partial charge on any atom is 0.335 e. The molecule has 1 unspecified atom stereocenters. The average Bonchev–Trinajstić information content (AvgIpc) is 2.85. The third-order valence-electron chi connectivity index (χ3n) is 2.12. The van der Waals surface area contributed by atoms with Crippen LogP contribution < -0.4 is 11.3 Å². The largest absolute Gasteiger partial charge is 0.373 e. The van der Waals surface area contributed by atoms with E-state index in [4.69, 9.17) is 15.1 Å². The average molecular weight is 184 g/mol. The predicted molar refractivity (Wildman–Crippen MR) is 44.6 cm³/mol. The molecule has 0 aliphatic heterocycles. The van der Waals surface area contributed by atoms with Gasteiger partial charge in [0, 0.05) is 7.11 Å². The molecule has 2 rings (SSSR count). The Labute approximate surface area is 75.4 Å². The minimum atomic E-state index is -0.0501. The Bertz CT molecular complexity index is 284. The zero-order valence-corrected chi connectivity index (χ0v) is 7.36. The lowest BCUT2D eigenvalue weighted by Crippen LogP contribution is -2.08. The van der Waals surface area contributed by atoms with Crippen LogP contribution in [0.25, 0.3) is 0 Å². The number of nitrogens with one attached hydrogen (secondary N) is 1. The molecule has 1 fully saturated rings. The first-order valence-electron chi connectivity index (χ1n) is 4.18. The molecule has 1 aromatic rings. The molecule has 0 saturated heterocycles. The Morgan fingerprint density at radius 2 is 2.46 bits per heavy atom. The van der Waals surface area contributed by atoms with Crippen LogP contribution in [0.1, 0.15) is 24.8 Å². The van der Waals surface area contributed by atoms with Crippen LogP contribution in [0.4, 0.5) is 6.01 Å². The highest BCUT2D eigenvalue weighted by atomic mass is 16.5. The van der Waals surface area contributed by atoms with Crippen molar-refractivity contribution < 1.29 is 9.26 Å². The normalized spacial score (nSPS) is 18.6. The van der Waals surface area contributed by atoms with E-state index < -0.39 is 0 Å². The van der Waals surface area contributed by atoms with Gasteiger partial charge in [-0.05, 0) is 18.8 Å². The van der Waals surface area contributed by atoms with Gasteiger partial charge in [0.1, 0.15) is 6.10 Å². The number of hydrogen-bond acceptors (Lipinski definition) is 6. The van der Waals surface area contributed by atoms with Gasteiger partial charge in [0.05, 0.1) is 0 Å². The van der Waals surface area contributed by atoms with E-state index >= 15 is 0 Å². The number of ether oxygens (including phenoxy) is 1. The van der Waals surface area contributed by atoms with Crippen molar-refractivity contribution in [1.29, 1.82) is 0 Å². The fourth-order valence-corrected chi connectivity index (χ4v) is 1.32. The molecule has 72 valence electrons. The van der Waals surface area contributed by atoms with Crippen LogP contribution in [0.3, 0.4) is 0 Å². The second kappa shape index (κ2) is 3.31. The molecule has 6 nitrogen and oxygen atoms in total. The standard InChI is InChI=1S/C7H12N4O2/c1-12-5(4-2-3-4)6-9-7(10-8)13-11-6/h4-5H,2-3,8H2,1H3,(H,9,10,11). The molecule has 1 aliphatic rings. The van der Waals surface area contributed by atoms with Gasteiger partial charge in [-0.15, -0.1) is 0 Å². The summed E-state index contributed by atoms with van der Waals surface area (Å²) in [6, 6.07) is 0.220. The van der Waals surface area contributed by atoms with Crippen molar-refractivity contribution in [2.24, 2.45) is 11.8 Å². The quantitative estimate of drug-likeness (QED) is 0.522. The third kappa shape index (κ3) is 1.63. The van der Waals surface area contributed by atoms with Crippen LogP contribution in [0.15, 0.2) is 4.52 Å². The SMILES string of the molecule is COC(c1noc(NN)n1)C1CC1. The molecule has 0 amide bonds. The summed E-state index contributed by atoms with van der Waals surface area (Å²) in [6.45, 7) is 0. The molecular weight excluding hydrogens is 172 g/mol. The summed E-state index contributed by atoms with van der Waals surface area (Å²) in [5.41, 5.74) is 2.29. The molecule has 0 spiro atoms. The Hall–Kier alpha value is -1.14. The van der Waals surface area contributed by atoms with Crippen molar-refractivity contribution in [1.82, 2.24) is 10.1 Å². The first kappa shape index (κ1) is 8.46. The lowest BCUT2D eigenvalue weighted by molar-refractivity contribution is 0.0751. The van der Waals surface area contributed by atoms with Crippen LogP contribution >= 0.6 is 0 Å². The molecule has 1 saturated carbocycles. The van der Waals surface area contributed by atoms with Crippen molar-refractivity contribution >= 4 is 6.01 Å². The molecule has 0 aromatic carbocycles. The summed E-state index contributed by atoms with van der Waals surface area (Å²) in [4.78, 5) is 4.02. The molecule has 0 bridgehead atoms. The summed E-state index contributed by atoms with van der Waals surface area (Å²) in [6.07, 6.45) is 2.28. The predicted octanol–water partition coefficient (Wildman–Crippen LogP) is 0.453. The zero-order chi connectivity index (χ0) is 9.26. The van der Waals surface area contributed by atoms with Crippen LogP contribution in [0.5, 0.6) is 0 Å². The van der Waals surface area contributed by atoms with E-state index in [-0.39, 0.29) is 12.1 Å². The lowest BCUT2D eigenvalue weighted by Gasteiger charge is -2.07. The number of nitrogens with two attached hydrogens (primary N) is 1. The Balaban J connectivity index is 2.12. The maximum absolute atomic E-state index is 5.26. The first-order valence-corrected chi connectivity index (χ1v) is 4.18. The summed E-state index contributed by atoms with van der Waals surface area (Å²) in [5, 5.41) is 3.77. The van der Waals surface area contributed by atoms with Gasteiger partial charge < -0.3 is 9.26 Å². The van der Waals surface area contributed by atoms with Crippen molar-refractivity contribution in [3.63, 3.8) is 0 Å². The molecule has 3 N–H and O–H groups in total. The van der Waals surface area contributed by atoms with Crippen molar-refractivity contribution in [2.75, 3.05) is 12.5 Å². The van der Waals surface area contributed by atoms with E-state index in [0.717, 1.165) is 0 Å². The molecule has 1 atom stereocenters. The van der Waals surface area contributed by atoms with Crippen LogP contribution in [-0.2, 0) is 4.74 Å². The summed E-state index contributed by atoms with van der Waals surface area (Å²) in [5.74, 6) is 6.21. The minimum Gasteiger partial charge on any atom is -0.373 e. The van der Waals surface area contributed by atoms with E-state index in [1.54, 1.807) is 7.11 Å². The van der Waals surface area contributed by atoms with Crippen LogP contribution in [-0.4, -0.2) is 17.3 Å². The Morgan fingerprint density at radius 3 is 2.92 bits per heavy atom. The zero-order valence-electron chi connectivity index (χ0n) is 7.36. The molecular formula is C7H12N4O2. The van der Waals surface area contributed by atoms with Crippen molar-refractivity contribution in [3.8, 4) is 0 Å². The Morgan fingerprint density at radius 1 is 1.69 bits per heavy atom. The number of nitrogen functional groups attached to an aromatic ring is 1. The van der Waals surface area contributed by atoms with E-state index in [1.165, 1.54) is 12.8 Å². The first-order chi connectivity index (χ1) is 6.35. The number of anilines is 1. The number of methoxy groups -OCH3 is 1. The number of aromatic nitrogens is 2. The van der Waals surface area contributed by atoms with E-state index in [1.807, 2.05) is 0 Å². The van der Waals surface area contributed by atoms with Gasteiger partial charge in [0.25, 0.3) is 0 Å². The van der Waals surface area contributed by atoms with Crippen LogP contribution in [0, 0.1) is 5.92 Å². The van der Waals surface area contributed by atoms with Crippen LogP contribution in [0.2, 0.25) is 0 Å². The highest BCUT2D eigenvalue weighted by molar-refractivity contribution is 5.16. The topological polar surface area (TPSA) is 86.2 Å². The highest BCUT2D eigenvalue weighted by Gasteiger charge is 2.35. The maximum atomic E-state index is 5.26.